The van der Waals surface area contributed by atoms with Crippen LogP contribution in [0.1, 0.15) is 67.9 Å². The number of hydrogen-bond acceptors (Lipinski definition) is 2. The van der Waals surface area contributed by atoms with Gasteiger partial charge in [0.2, 0.25) is 5.91 Å². The predicted molar refractivity (Wildman–Crippen MR) is 109 cm³/mol. The lowest BCUT2D eigenvalue weighted by molar-refractivity contribution is -0.122. The Bertz CT molecular complexity index is 701. The second-order valence-electron chi connectivity index (χ2n) is 6.97. The minimum absolute atomic E-state index is 0.0405. The zero-order valence-corrected chi connectivity index (χ0v) is 16.3. The van der Waals surface area contributed by atoms with Crippen LogP contribution in [0.5, 0.6) is 0 Å². The highest BCUT2D eigenvalue weighted by Crippen LogP contribution is 2.18. The quantitative estimate of drug-likeness (QED) is 0.602. The molecule has 2 unspecified atom stereocenters. The molecular weight excluding hydrogens is 336 g/mol. The summed E-state index contributed by atoms with van der Waals surface area (Å²) in [4.78, 5) is 25.1. The van der Waals surface area contributed by atoms with Gasteiger partial charge in [0, 0.05) is 11.6 Å². The molecule has 0 fully saturated rings. The fraction of sp³-hybridized carbons (Fsp3) is 0.391. The van der Waals surface area contributed by atoms with Gasteiger partial charge in [-0.3, -0.25) is 9.59 Å². The van der Waals surface area contributed by atoms with Crippen LogP contribution < -0.4 is 10.6 Å². The largest absolute Gasteiger partial charge is 0.354 e. The topological polar surface area (TPSA) is 58.2 Å². The van der Waals surface area contributed by atoms with Crippen molar-refractivity contribution in [1.29, 1.82) is 0 Å². The Labute approximate surface area is 162 Å². The third-order valence-corrected chi connectivity index (χ3v) is 4.58. The summed E-state index contributed by atoms with van der Waals surface area (Å²) in [5.41, 5.74) is 1.52. The van der Waals surface area contributed by atoms with Crippen LogP contribution in [0.4, 0.5) is 0 Å². The molecule has 0 saturated heterocycles. The van der Waals surface area contributed by atoms with E-state index in [-0.39, 0.29) is 30.3 Å². The van der Waals surface area contributed by atoms with Crippen LogP contribution in [0.3, 0.4) is 0 Å². The summed E-state index contributed by atoms with van der Waals surface area (Å²) in [6.07, 6.45) is 4.67. The van der Waals surface area contributed by atoms with E-state index in [9.17, 15) is 9.59 Å². The van der Waals surface area contributed by atoms with E-state index in [1.54, 1.807) is 12.1 Å². The van der Waals surface area contributed by atoms with Gasteiger partial charge in [0.25, 0.3) is 5.91 Å². The molecule has 2 amide bonds. The Hall–Kier alpha value is -2.62. The van der Waals surface area contributed by atoms with Crippen LogP contribution >= 0.6 is 0 Å². The summed E-state index contributed by atoms with van der Waals surface area (Å²) in [6.45, 7) is 4.21. The zero-order valence-electron chi connectivity index (χ0n) is 16.3. The van der Waals surface area contributed by atoms with Gasteiger partial charge < -0.3 is 10.6 Å². The standard InChI is InChI=1S/C23H30N2O2/c1-3-4-7-12-18(2)24-22(26)17-21(19-13-8-5-9-14-19)25-23(27)20-15-10-6-11-16-20/h5-6,8-11,13-16,18,21H,3-4,7,12,17H2,1-2H3,(H,24,26)(H,25,27). The molecule has 2 aromatic rings. The van der Waals surface area contributed by atoms with Crippen molar-refractivity contribution in [3.8, 4) is 0 Å². The van der Waals surface area contributed by atoms with Crippen molar-refractivity contribution in [1.82, 2.24) is 10.6 Å². The van der Waals surface area contributed by atoms with Gasteiger partial charge in [-0.15, -0.1) is 0 Å². The zero-order chi connectivity index (χ0) is 19.5. The van der Waals surface area contributed by atoms with Crippen molar-refractivity contribution < 1.29 is 9.59 Å². The first-order chi connectivity index (χ1) is 13.1. The van der Waals surface area contributed by atoms with Gasteiger partial charge in [-0.2, -0.15) is 0 Å². The van der Waals surface area contributed by atoms with Crippen molar-refractivity contribution in [2.45, 2.75) is 58.0 Å². The summed E-state index contributed by atoms with van der Waals surface area (Å²) < 4.78 is 0. The van der Waals surface area contributed by atoms with E-state index in [2.05, 4.69) is 17.6 Å². The molecule has 4 nitrogen and oxygen atoms in total. The van der Waals surface area contributed by atoms with E-state index in [1.807, 2.05) is 55.5 Å². The summed E-state index contributed by atoms with van der Waals surface area (Å²) in [5.74, 6) is -0.213. The van der Waals surface area contributed by atoms with Gasteiger partial charge in [0.15, 0.2) is 0 Å². The molecule has 0 aliphatic carbocycles. The number of rotatable bonds is 10. The summed E-state index contributed by atoms with van der Waals surface area (Å²) >= 11 is 0. The van der Waals surface area contributed by atoms with Gasteiger partial charge >= 0.3 is 0 Å². The molecule has 0 saturated carbocycles. The maximum atomic E-state index is 12.6. The molecule has 2 N–H and O–H groups in total. The normalized spacial score (nSPS) is 12.8. The highest BCUT2D eigenvalue weighted by atomic mass is 16.2. The van der Waals surface area contributed by atoms with Gasteiger partial charge in [-0.1, -0.05) is 74.7 Å². The molecule has 27 heavy (non-hydrogen) atoms. The molecule has 0 aromatic heterocycles. The molecular formula is C23H30N2O2. The number of carbonyl (C=O) groups is 2. The smallest absolute Gasteiger partial charge is 0.251 e. The van der Waals surface area contributed by atoms with Gasteiger partial charge in [-0.05, 0) is 31.0 Å². The molecule has 0 radical (unpaired) electrons. The molecule has 0 spiro atoms. The molecule has 2 atom stereocenters. The highest BCUT2D eigenvalue weighted by molar-refractivity contribution is 5.94. The Kier molecular flexibility index (Phi) is 8.56. The van der Waals surface area contributed by atoms with Crippen LogP contribution in [0.2, 0.25) is 0 Å². The van der Waals surface area contributed by atoms with Crippen LogP contribution in [0.25, 0.3) is 0 Å². The molecule has 0 heterocycles. The number of benzene rings is 2. The molecule has 0 aliphatic heterocycles. The van der Waals surface area contributed by atoms with Gasteiger partial charge in [-0.25, -0.2) is 0 Å². The van der Waals surface area contributed by atoms with E-state index in [1.165, 1.54) is 12.8 Å². The van der Waals surface area contributed by atoms with Crippen molar-refractivity contribution in [2.75, 3.05) is 0 Å². The Morgan fingerprint density at radius 2 is 1.52 bits per heavy atom. The average molecular weight is 367 g/mol. The minimum atomic E-state index is -0.359. The second-order valence-corrected chi connectivity index (χ2v) is 6.97. The third kappa shape index (κ3) is 7.26. The Morgan fingerprint density at radius 1 is 0.889 bits per heavy atom. The van der Waals surface area contributed by atoms with E-state index in [0.29, 0.717) is 5.56 Å². The SMILES string of the molecule is CCCCCC(C)NC(=O)CC(NC(=O)c1ccccc1)c1ccccc1. The molecule has 4 heteroatoms. The van der Waals surface area contributed by atoms with Crippen LogP contribution in [0, 0.1) is 0 Å². The lowest BCUT2D eigenvalue weighted by Crippen LogP contribution is -2.37. The monoisotopic (exact) mass is 366 g/mol. The van der Waals surface area contributed by atoms with Crippen molar-refractivity contribution in [3.05, 3.63) is 71.8 Å². The van der Waals surface area contributed by atoms with Crippen molar-refractivity contribution >= 4 is 11.8 Å². The molecule has 144 valence electrons. The summed E-state index contributed by atoms with van der Waals surface area (Å²) in [6, 6.07) is 18.5. The fourth-order valence-electron chi connectivity index (χ4n) is 3.06. The van der Waals surface area contributed by atoms with Crippen molar-refractivity contribution in [3.63, 3.8) is 0 Å². The Morgan fingerprint density at radius 3 is 2.15 bits per heavy atom. The summed E-state index contributed by atoms with van der Waals surface area (Å²) in [7, 11) is 0. The number of hydrogen-bond donors (Lipinski definition) is 2. The maximum absolute atomic E-state index is 12.6. The molecule has 2 rings (SSSR count). The summed E-state index contributed by atoms with van der Waals surface area (Å²) in [5, 5.41) is 6.07. The molecule has 0 bridgehead atoms. The van der Waals surface area contributed by atoms with Gasteiger partial charge in [0.1, 0.15) is 0 Å². The minimum Gasteiger partial charge on any atom is -0.354 e. The van der Waals surface area contributed by atoms with Gasteiger partial charge in [0.05, 0.1) is 12.5 Å². The maximum Gasteiger partial charge on any atom is 0.251 e. The van der Waals surface area contributed by atoms with Crippen LogP contribution in [-0.4, -0.2) is 17.9 Å². The van der Waals surface area contributed by atoms with E-state index >= 15 is 0 Å². The van der Waals surface area contributed by atoms with E-state index < -0.39 is 0 Å². The third-order valence-electron chi connectivity index (χ3n) is 4.58. The number of carbonyl (C=O) groups excluding carboxylic acids is 2. The lowest BCUT2D eigenvalue weighted by atomic mass is 10.0. The van der Waals surface area contributed by atoms with Crippen LogP contribution in [-0.2, 0) is 4.79 Å². The molecule has 2 aromatic carbocycles. The Balaban J connectivity index is 2.00. The first kappa shape index (κ1) is 20.7. The number of unbranched alkanes of at least 4 members (excludes halogenated alkanes) is 2. The van der Waals surface area contributed by atoms with Crippen LogP contribution in [0.15, 0.2) is 60.7 Å². The average Bonchev–Trinajstić information content (AvgIpc) is 2.69. The lowest BCUT2D eigenvalue weighted by Gasteiger charge is -2.21. The van der Waals surface area contributed by atoms with E-state index in [4.69, 9.17) is 0 Å². The van der Waals surface area contributed by atoms with Crippen molar-refractivity contribution in [2.24, 2.45) is 0 Å². The van der Waals surface area contributed by atoms with E-state index in [0.717, 1.165) is 18.4 Å². The number of amides is 2. The fourth-order valence-corrected chi connectivity index (χ4v) is 3.06. The number of nitrogens with one attached hydrogen (secondary N) is 2. The second kappa shape index (κ2) is 11.2. The first-order valence-electron chi connectivity index (χ1n) is 9.80. The predicted octanol–water partition coefficient (Wildman–Crippen LogP) is 4.63. The first-order valence-corrected chi connectivity index (χ1v) is 9.80. The molecule has 0 aliphatic rings. The highest BCUT2D eigenvalue weighted by Gasteiger charge is 2.20.